The van der Waals surface area contributed by atoms with Crippen molar-refractivity contribution in [3.63, 3.8) is 0 Å². The predicted molar refractivity (Wildman–Crippen MR) is 61.2 cm³/mol. The van der Waals surface area contributed by atoms with Crippen molar-refractivity contribution in [3.05, 3.63) is 42.0 Å². The molecule has 0 saturated heterocycles. The van der Waals surface area contributed by atoms with Crippen molar-refractivity contribution < 1.29 is 13.4 Å². The number of hydrogen-bond acceptors (Lipinski definition) is 3. The Bertz CT molecular complexity index is 374. The Hall–Kier alpha value is -1.29. The minimum absolute atomic E-state index is 0.353. The van der Waals surface area contributed by atoms with E-state index in [4.69, 9.17) is 4.74 Å². The van der Waals surface area contributed by atoms with Crippen LogP contribution in [0.2, 0.25) is 0 Å². The third-order valence-corrected chi connectivity index (χ3v) is 2.08. The molecule has 0 saturated carbocycles. The predicted octanol–water partition coefficient (Wildman–Crippen LogP) is 3.03. The van der Waals surface area contributed by atoms with Gasteiger partial charge in [0.15, 0.2) is 16.3 Å². The van der Waals surface area contributed by atoms with Gasteiger partial charge in [-0.2, -0.15) is 0 Å². The summed E-state index contributed by atoms with van der Waals surface area (Å²) >= 11 is 2.65. The molecule has 3 nitrogen and oxygen atoms in total. The van der Waals surface area contributed by atoms with Gasteiger partial charge in [0.2, 0.25) is 0 Å². The Labute approximate surface area is 97.1 Å². The Kier molecular flexibility index (Phi) is 4.37. The molecule has 0 bridgehead atoms. The number of rotatable bonds is 4. The molecular formula is C11H11BrO3. The van der Waals surface area contributed by atoms with E-state index in [1.165, 1.54) is 0 Å². The monoisotopic (exact) mass is 270 g/mol. The zero-order valence-electron chi connectivity index (χ0n) is 8.33. The van der Waals surface area contributed by atoms with Gasteiger partial charge in [-0.15, -0.1) is 0 Å². The number of carbonyl (C=O) groups excluding carboxylic acids is 1. The average molecular weight is 271 g/mol. The molecular weight excluding hydrogens is 260 g/mol. The first kappa shape index (κ1) is 11.8. The van der Waals surface area contributed by atoms with Crippen LogP contribution in [0.4, 0.5) is 0 Å². The van der Waals surface area contributed by atoms with Crippen molar-refractivity contribution in [2.45, 2.75) is 6.92 Å². The molecule has 1 rings (SSSR count). The van der Waals surface area contributed by atoms with Crippen LogP contribution >= 0.6 is 16.3 Å². The summed E-state index contributed by atoms with van der Waals surface area (Å²) < 4.78 is 9.81. The second-order valence-corrected chi connectivity index (χ2v) is 3.29. The Morgan fingerprint density at radius 2 is 2.33 bits per heavy atom. The molecule has 15 heavy (non-hydrogen) atoms. The van der Waals surface area contributed by atoms with Gasteiger partial charge in [0.25, 0.3) is 0 Å². The lowest BCUT2D eigenvalue weighted by atomic mass is 10.1. The molecule has 0 aliphatic rings. The van der Waals surface area contributed by atoms with Crippen LogP contribution in [0.5, 0.6) is 5.75 Å². The first-order valence-corrected chi connectivity index (χ1v) is 5.01. The SMILES string of the molecule is C=CCOc1cc(C)ccc1C(=O)OBr. The molecule has 80 valence electrons. The molecule has 1 aromatic carbocycles. The third kappa shape index (κ3) is 3.09. The first-order valence-electron chi connectivity index (χ1n) is 4.36. The smallest absolute Gasteiger partial charge is 0.353 e. The molecule has 0 radical (unpaired) electrons. The maximum absolute atomic E-state index is 11.3. The highest BCUT2D eigenvalue weighted by molar-refractivity contribution is 9.06. The van der Waals surface area contributed by atoms with Gasteiger partial charge in [0.1, 0.15) is 17.9 Å². The number of halogens is 1. The van der Waals surface area contributed by atoms with Gasteiger partial charge in [-0.1, -0.05) is 18.7 Å². The standard InChI is InChI=1S/C11H11BrO3/c1-3-6-14-10-7-8(2)4-5-9(10)11(13)15-12/h3-5,7H,1,6H2,2H3. The van der Waals surface area contributed by atoms with Gasteiger partial charge in [-0.25, -0.2) is 4.79 Å². The maximum Gasteiger partial charge on any atom is 0.353 e. The van der Waals surface area contributed by atoms with Gasteiger partial charge < -0.3 is 8.57 Å². The molecule has 0 aromatic heterocycles. The molecule has 4 heteroatoms. The zero-order valence-corrected chi connectivity index (χ0v) is 9.91. The summed E-state index contributed by atoms with van der Waals surface area (Å²) in [6, 6.07) is 5.26. The van der Waals surface area contributed by atoms with E-state index >= 15 is 0 Å². The Morgan fingerprint density at radius 3 is 2.93 bits per heavy atom. The second kappa shape index (κ2) is 5.56. The molecule has 1 aromatic rings. The summed E-state index contributed by atoms with van der Waals surface area (Å²) in [5, 5.41) is 0. The quantitative estimate of drug-likeness (QED) is 0.789. The van der Waals surface area contributed by atoms with Crippen molar-refractivity contribution in [2.75, 3.05) is 6.61 Å². The fourth-order valence-electron chi connectivity index (χ4n) is 1.11. The number of ether oxygens (including phenoxy) is 1. The Balaban J connectivity index is 3.02. The average Bonchev–Trinajstić information content (AvgIpc) is 2.25. The van der Waals surface area contributed by atoms with Gasteiger partial charge >= 0.3 is 5.97 Å². The lowest BCUT2D eigenvalue weighted by Crippen LogP contribution is -2.04. The van der Waals surface area contributed by atoms with Gasteiger partial charge in [0, 0.05) is 0 Å². The first-order chi connectivity index (χ1) is 7.19. The summed E-state index contributed by atoms with van der Waals surface area (Å²) in [6.45, 7) is 5.82. The van der Waals surface area contributed by atoms with Crippen LogP contribution in [0.1, 0.15) is 15.9 Å². The molecule has 0 aliphatic heterocycles. The lowest BCUT2D eigenvalue weighted by Gasteiger charge is -2.08. The summed E-state index contributed by atoms with van der Waals surface area (Å²) in [5.41, 5.74) is 1.40. The molecule has 0 atom stereocenters. The largest absolute Gasteiger partial charge is 0.489 e. The molecule has 0 N–H and O–H groups in total. The minimum atomic E-state index is -0.478. The van der Waals surface area contributed by atoms with Crippen LogP contribution in [-0.4, -0.2) is 12.6 Å². The second-order valence-electron chi connectivity index (χ2n) is 2.96. The highest BCUT2D eigenvalue weighted by Gasteiger charge is 2.13. The van der Waals surface area contributed by atoms with E-state index in [0.717, 1.165) is 5.56 Å². The van der Waals surface area contributed by atoms with Gasteiger partial charge in [-0.05, 0) is 24.6 Å². The molecule has 0 heterocycles. The van der Waals surface area contributed by atoms with Crippen molar-refractivity contribution in [1.82, 2.24) is 0 Å². The molecule has 0 aliphatic carbocycles. The van der Waals surface area contributed by atoms with E-state index in [-0.39, 0.29) is 0 Å². The van der Waals surface area contributed by atoms with E-state index in [1.807, 2.05) is 13.0 Å². The van der Waals surface area contributed by atoms with Crippen LogP contribution in [0.3, 0.4) is 0 Å². The summed E-state index contributed by atoms with van der Waals surface area (Å²) in [5.74, 6) is 0.0217. The molecule has 0 fully saturated rings. The normalized spacial score (nSPS) is 9.47. The molecule has 0 unspecified atom stereocenters. The number of aryl methyl sites for hydroxylation is 1. The van der Waals surface area contributed by atoms with Crippen LogP contribution < -0.4 is 4.74 Å². The topological polar surface area (TPSA) is 35.5 Å². The maximum atomic E-state index is 11.3. The van der Waals surface area contributed by atoms with E-state index in [1.54, 1.807) is 18.2 Å². The third-order valence-electron chi connectivity index (χ3n) is 1.78. The number of carbonyl (C=O) groups is 1. The fraction of sp³-hybridized carbons (Fsp3) is 0.182. The van der Waals surface area contributed by atoms with Gasteiger partial charge in [-0.3, -0.25) is 0 Å². The molecule has 0 amide bonds. The number of benzene rings is 1. The lowest BCUT2D eigenvalue weighted by molar-refractivity contribution is 0.0778. The van der Waals surface area contributed by atoms with E-state index in [2.05, 4.69) is 26.7 Å². The molecule has 0 spiro atoms. The zero-order chi connectivity index (χ0) is 11.3. The highest BCUT2D eigenvalue weighted by atomic mass is 79.9. The van der Waals surface area contributed by atoms with Crippen LogP contribution in [0, 0.1) is 6.92 Å². The summed E-state index contributed by atoms with van der Waals surface area (Å²) in [7, 11) is 0. The van der Waals surface area contributed by atoms with Crippen molar-refractivity contribution >= 4 is 22.2 Å². The van der Waals surface area contributed by atoms with E-state index in [9.17, 15) is 4.79 Å². The highest BCUT2D eigenvalue weighted by Crippen LogP contribution is 2.21. The van der Waals surface area contributed by atoms with E-state index in [0.29, 0.717) is 17.9 Å². The van der Waals surface area contributed by atoms with Crippen LogP contribution in [-0.2, 0) is 3.83 Å². The Morgan fingerprint density at radius 1 is 1.60 bits per heavy atom. The summed E-state index contributed by atoms with van der Waals surface area (Å²) in [6.07, 6.45) is 1.62. The number of hydrogen-bond donors (Lipinski definition) is 0. The summed E-state index contributed by atoms with van der Waals surface area (Å²) in [4.78, 5) is 11.3. The fourth-order valence-corrected chi connectivity index (χ4v) is 1.28. The van der Waals surface area contributed by atoms with Crippen LogP contribution in [0.15, 0.2) is 30.9 Å². The van der Waals surface area contributed by atoms with Crippen molar-refractivity contribution in [2.24, 2.45) is 0 Å². The minimum Gasteiger partial charge on any atom is -0.489 e. The van der Waals surface area contributed by atoms with Crippen molar-refractivity contribution in [3.8, 4) is 5.75 Å². The van der Waals surface area contributed by atoms with Gasteiger partial charge in [0.05, 0.1) is 0 Å². The van der Waals surface area contributed by atoms with E-state index < -0.39 is 5.97 Å². The van der Waals surface area contributed by atoms with Crippen LogP contribution in [0.25, 0.3) is 0 Å². The van der Waals surface area contributed by atoms with Crippen molar-refractivity contribution in [1.29, 1.82) is 0 Å².